The van der Waals surface area contributed by atoms with Crippen LogP contribution in [0.1, 0.15) is 79.1 Å². The lowest BCUT2D eigenvalue weighted by Gasteiger charge is -2.69. The van der Waals surface area contributed by atoms with Crippen LogP contribution in [0.5, 0.6) is 0 Å². The largest absolute Gasteiger partial charge is 0.455 e. The smallest absolute Gasteiger partial charge is 0.338 e. The number of fused-ring (bicyclic) bond motifs is 5. The monoisotopic (exact) mass is 756 g/mol. The minimum atomic E-state index is -2.54. The summed E-state index contributed by atoms with van der Waals surface area (Å²) in [6.45, 7) is 18.6. The summed E-state index contributed by atoms with van der Waals surface area (Å²) >= 11 is 0. The third kappa shape index (κ3) is 6.25. The number of rotatable bonds is 12. The fourth-order valence-electron chi connectivity index (χ4n) is 9.85. The van der Waals surface area contributed by atoms with Gasteiger partial charge in [0.15, 0.2) is 25.8 Å². The molecule has 2 saturated carbocycles. The average molecular weight is 757 g/mol. The Bertz CT molecular complexity index is 1630. The molecule has 3 fully saturated rings. The molecule has 0 spiro atoms. The van der Waals surface area contributed by atoms with Crippen LogP contribution in [0.4, 0.5) is 0 Å². The van der Waals surface area contributed by atoms with Gasteiger partial charge in [0.25, 0.3) is 0 Å². The maximum Gasteiger partial charge on any atom is 0.338 e. The Balaban J connectivity index is 1.94. The van der Waals surface area contributed by atoms with Crippen molar-refractivity contribution in [3.8, 4) is 0 Å². The predicted molar refractivity (Wildman–Crippen MR) is 196 cm³/mol. The molecule has 5 rings (SSSR count). The molecule has 1 heterocycles. The Morgan fingerprint density at radius 2 is 1.62 bits per heavy atom. The number of esters is 3. The second-order valence-corrected chi connectivity index (χ2v) is 20.5. The third-order valence-corrected chi connectivity index (χ3v) is 17.6. The highest BCUT2D eigenvalue weighted by atomic mass is 28.4. The summed E-state index contributed by atoms with van der Waals surface area (Å²) in [4.78, 5) is 56.3. The van der Waals surface area contributed by atoms with Gasteiger partial charge in [-0.25, -0.2) is 4.79 Å². The van der Waals surface area contributed by atoms with E-state index in [1.54, 1.807) is 58.0 Å². The molecule has 12 nitrogen and oxygen atoms in total. The number of aliphatic hydroxyl groups excluding tert-OH is 1. The molecule has 0 amide bonds. The average Bonchev–Trinajstić information content (AvgIpc) is 3.11. The summed E-state index contributed by atoms with van der Waals surface area (Å²) in [5.74, 6) is -4.22. The van der Waals surface area contributed by atoms with Gasteiger partial charge >= 0.3 is 17.9 Å². The molecule has 1 aromatic carbocycles. The molecule has 4 aliphatic rings. The summed E-state index contributed by atoms with van der Waals surface area (Å²) < 4.78 is 38.5. The number of hydrogen-bond donors (Lipinski definition) is 2. The van der Waals surface area contributed by atoms with Crippen molar-refractivity contribution in [2.75, 3.05) is 13.2 Å². The molecule has 53 heavy (non-hydrogen) atoms. The van der Waals surface area contributed by atoms with Gasteiger partial charge in [-0.2, -0.15) is 0 Å². The second kappa shape index (κ2) is 14.8. The van der Waals surface area contributed by atoms with E-state index in [9.17, 15) is 24.6 Å². The number of Topliss-reactive ketones (excluding diaryl/α,β-unsaturated/α-hetero) is 1. The molecular weight excluding hydrogens is 701 g/mol. The lowest BCUT2D eigenvalue weighted by molar-refractivity contribution is -0.352. The maximum atomic E-state index is 15.8. The molecule has 3 aliphatic carbocycles. The number of benzene rings is 1. The molecule has 10 atom stereocenters. The van der Waals surface area contributed by atoms with Gasteiger partial charge in [0, 0.05) is 25.7 Å². The van der Waals surface area contributed by atoms with Crippen LogP contribution in [-0.2, 0) is 42.5 Å². The molecule has 0 radical (unpaired) electrons. The summed E-state index contributed by atoms with van der Waals surface area (Å²) in [5.41, 5.74) is -6.77. The Hall–Kier alpha value is -3.20. The molecule has 0 aromatic heterocycles. The number of aliphatic hydroxyl groups is 2. The first kappa shape index (κ1) is 41.0. The van der Waals surface area contributed by atoms with Gasteiger partial charge in [-0.15, -0.1) is 6.58 Å². The number of carbonyl (C=O) groups is 4. The highest BCUT2D eigenvalue weighted by Crippen LogP contribution is 2.65. The Morgan fingerprint density at radius 3 is 2.13 bits per heavy atom. The number of hydrogen-bond acceptors (Lipinski definition) is 12. The van der Waals surface area contributed by atoms with Gasteiger partial charge in [-0.05, 0) is 55.3 Å². The van der Waals surface area contributed by atoms with Crippen LogP contribution in [0.2, 0.25) is 18.1 Å². The van der Waals surface area contributed by atoms with Crippen LogP contribution in [0.25, 0.3) is 0 Å². The number of ether oxygens (including phenoxy) is 5. The summed E-state index contributed by atoms with van der Waals surface area (Å²) in [5, 5.41) is 25.9. The normalized spacial score (nSPS) is 36.1. The molecule has 292 valence electrons. The highest BCUT2D eigenvalue weighted by molar-refractivity contribution is 6.73. The number of carbonyl (C=O) groups excluding carboxylic acids is 4. The van der Waals surface area contributed by atoms with Crippen molar-refractivity contribution in [3.63, 3.8) is 0 Å². The first-order chi connectivity index (χ1) is 24.9. The first-order valence-electron chi connectivity index (χ1n) is 18.7. The molecule has 2 N–H and O–H groups in total. The van der Waals surface area contributed by atoms with Crippen LogP contribution < -0.4 is 0 Å². The van der Waals surface area contributed by atoms with E-state index in [4.69, 9.17) is 28.1 Å². The van der Waals surface area contributed by atoms with Crippen LogP contribution in [0, 0.1) is 16.7 Å². The molecule has 1 aromatic rings. The maximum absolute atomic E-state index is 15.8. The van der Waals surface area contributed by atoms with Gasteiger partial charge < -0.3 is 38.3 Å². The quantitative estimate of drug-likeness (QED) is 0.129. The fraction of sp³-hybridized carbons (Fsp3) is 0.650. The fourth-order valence-corrected chi connectivity index (χ4v) is 12.8. The van der Waals surface area contributed by atoms with E-state index >= 15 is 4.79 Å². The van der Waals surface area contributed by atoms with Crippen molar-refractivity contribution in [1.82, 2.24) is 0 Å². The minimum absolute atomic E-state index is 0.111. The SMILES string of the molecule is C=CCO[C@H]1[C@H](O)C(C)=C2[C@@H](OC(C)=O)C(=O)[C@]3(C)[C@@H](O[Si](CC)(CC)CC)C[C@H]4OC[C@@]4(OC(C)=O)[C@H]3[C@H](OC(=O)c3ccccc3)[C@@]1(O)C2(C)C. The lowest BCUT2D eigenvalue weighted by atomic mass is 9.44. The molecule has 2 bridgehead atoms. The van der Waals surface area contributed by atoms with E-state index in [1.807, 2.05) is 0 Å². The lowest BCUT2D eigenvalue weighted by Crippen LogP contribution is -2.84. The van der Waals surface area contributed by atoms with Crippen LogP contribution in [-0.4, -0.2) is 103 Å². The van der Waals surface area contributed by atoms with Gasteiger partial charge in [0.2, 0.25) is 0 Å². The predicted octanol–water partition coefficient (Wildman–Crippen LogP) is 4.86. The molecule has 13 heteroatoms. The molecular formula is C40H56O12Si. The number of ketones is 1. The zero-order chi connectivity index (χ0) is 39.3. The van der Waals surface area contributed by atoms with Crippen LogP contribution in [0.15, 0.2) is 54.1 Å². The van der Waals surface area contributed by atoms with E-state index in [-0.39, 0.29) is 36.3 Å². The summed E-state index contributed by atoms with van der Waals surface area (Å²) in [6, 6.07) is 10.4. The highest BCUT2D eigenvalue weighted by Gasteiger charge is 2.80. The van der Waals surface area contributed by atoms with Gasteiger partial charge in [0.1, 0.15) is 30.0 Å². The van der Waals surface area contributed by atoms with E-state index in [0.717, 1.165) is 18.1 Å². The molecule has 1 aliphatic heterocycles. The molecule has 1 saturated heterocycles. The van der Waals surface area contributed by atoms with E-state index < -0.39 is 96.6 Å². The van der Waals surface area contributed by atoms with Crippen molar-refractivity contribution in [3.05, 3.63) is 59.7 Å². The Labute approximate surface area is 313 Å². The van der Waals surface area contributed by atoms with Crippen molar-refractivity contribution in [2.24, 2.45) is 16.7 Å². The van der Waals surface area contributed by atoms with Gasteiger partial charge in [0.05, 0.1) is 36.2 Å². The zero-order valence-corrected chi connectivity index (χ0v) is 33.4. The topological polar surface area (TPSA) is 164 Å². The van der Waals surface area contributed by atoms with Crippen molar-refractivity contribution < 1.29 is 57.5 Å². The standard InChI is InChI=1S/C40H56O12Si/c1-11-20-47-34-30(43)23(5)29-31(49-24(6)41)33(44)38(10)27(52-53(12-2,13-3)14-4)21-28-39(22-48-28,51-25(7)42)32(38)35(40(34,46)37(29,8)9)50-36(45)26-18-16-15-17-19-26/h11,15-19,27-28,30-32,34-35,43,46H,1,12-14,20-22H2,2-10H3/t27-,28+,30+,31+,32-,34-,35-,38+,39-,40+/m0/s1. The summed E-state index contributed by atoms with van der Waals surface area (Å²) in [7, 11) is -2.54. The first-order valence-corrected chi connectivity index (χ1v) is 21.2. The van der Waals surface area contributed by atoms with Crippen molar-refractivity contribution in [2.45, 2.75) is 135 Å². The van der Waals surface area contributed by atoms with Crippen LogP contribution in [0.3, 0.4) is 0 Å². The van der Waals surface area contributed by atoms with Crippen LogP contribution >= 0.6 is 0 Å². The van der Waals surface area contributed by atoms with Crippen molar-refractivity contribution in [1.29, 1.82) is 0 Å². The van der Waals surface area contributed by atoms with E-state index in [2.05, 4.69) is 27.4 Å². The second-order valence-electron chi connectivity index (χ2n) is 15.8. The summed E-state index contributed by atoms with van der Waals surface area (Å²) in [6.07, 6.45) is -6.50. The molecule has 0 unspecified atom stereocenters. The van der Waals surface area contributed by atoms with Crippen molar-refractivity contribution >= 4 is 32.0 Å². The Morgan fingerprint density at radius 1 is 1.00 bits per heavy atom. The van der Waals surface area contributed by atoms with E-state index in [0.29, 0.717) is 0 Å². The van der Waals surface area contributed by atoms with Gasteiger partial charge in [-0.3, -0.25) is 14.4 Å². The minimum Gasteiger partial charge on any atom is -0.455 e. The van der Waals surface area contributed by atoms with E-state index in [1.165, 1.54) is 19.9 Å². The van der Waals surface area contributed by atoms with Gasteiger partial charge in [-0.1, -0.05) is 58.9 Å². The zero-order valence-electron chi connectivity index (χ0n) is 32.4. The third-order valence-electron chi connectivity index (χ3n) is 12.9. The Kier molecular flexibility index (Phi) is 11.4.